The van der Waals surface area contributed by atoms with Crippen LogP contribution in [0.4, 0.5) is 11.4 Å². The molecule has 8 nitrogen and oxygen atoms in total. The van der Waals surface area contributed by atoms with Crippen LogP contribution in [-0.2, 0) is 4.79 Å². The molecule has 0 saturated carbocycles. The number of anilines is 1. The maximum absolute atomic E-state index is 10.8. The predicted molar refractivity (Wildman–Crippen MR) is 58.2 cm³/mol. The summed E-state index contributed by atoms with van der Waals surface area (Å²) in [4.78, 5) is 20.9. The minimum atomic E-state index is -2.18. The highest BCUT2D eigenvalue weighted by Crippen LogP contribution is 2.34. The first kappa shape index (κ1) is 12.9. The number of hydrogen-bond acceptors (Lipinski definition) is 6. The number of nitrogens with one attached hydrogen (secondary N) is 1. The number of benzene rings is 1. The Morgan fingerprint density at radius 3 is 2.65 bits per heavy atom. The summed E-state index contributed by atoms with van der Waals surface area (Å²) >= 11 is 0. The Morgan fingerprint density at radius 1 is 1.53 bits per heavy atom. The molecule has 0 saturated heterocycles. The molecule has 9 heteroatoms. The van der Waals surface area contributed by atoms with Gasteiger partial charge >= 0.3 is 13.0 Å². The van der Waals surface area contributed by atoms with Crippen LogP contribution in [0.25, 0.3) is 0 Å². The van der Waals surface area contributed by atoms with Crippen LogP contribution >= 0.6 is 0 Å². The van der Waals surface area contributed by atoms with Crippen LogP contribution < -0.4 is 9.97 Å². The van der Waals surface area contributed by atoms with E-state index in [4.69, 9.17) is 10.0 Å². The third-order valence-electron chi connectivity index (χ3n) is 1.72. The number of hydrogen-bond donors (Lipinski definition) is 3. The molecule has 1 rings (SSSR count). The van der Waals surface area contributed by atoms with E-state index < -0.39 is 23.8 Å². The second kappa shape index (κ2) is 5.28. The molecule has 90 valence electrons. The van der Waals surface area contributed by atoms with Crippen molar-refractivity contribution in [2.45, 2.75) is 6.92 Å². The van der Waals surface area contributed by atoms with Gasteiger partial charge in [-0.1, -0.05) is 6.07 Å². The van der Waals surface area contributed by atoms with E-state index in [1.54, 1.807) is 0 Å². The standard InChI is InChI=1S/C8H9BN2O6/c1-5(12)10-6-3-2-4-7(17-9(13)14)8(6)11(15)16/h2-4,13-14H,1H3,(H,10,12). The smallest absolute Gasteiger partial charge is 0.507 e. The lowest BCUT2D eigenvalue weighted by molar-refractivity contribution is -0.384. The Hall–Kier alpha value is -2.13. The van der Waals surface area contributed by atoms with Crippen molar-refractivity contribution in [2.75, 3.05) is 5.32 Å². The zero-order chi connectivity index (χ0) is 13.0. The number of rotatable bonds is 4. The maximum Gasteiger partial charge on any atom is 0.707 e. The number of carbonyl (C=O) groups is 1. The molecule has 1 aromatic rings. The highest BCUT2D eigenvalue weighted by molar-refractivity contribution is 6.34. The number of nitro benzene ring substituents is 1. The molecule has 0 atom stereocenters. The van der Waals surface area contributed by atoms with E-state index in [9.17, 15) is 14.9 Å². The van der Waals surface area contributed by atoms with E-state index in [-0.39, 0.29) is 11.4 Å². The normalized spacial score (nSPS) is 9.59. The van der Waals surface area contributed by atoms with Gasteiger partial charge in [0.2, 0.25) is 5.91 Å². The van der Waals surface area contributed by atoms with Gasteiger partial charge in [0.15, 0.2) is 5.75 Å². The summed E-state index contributed by atoms with van der Waals surface area (Å²) in [5, 5.41) is 30.3. The predicted octanol–water partition coefficient (Wildman–Crippen LogP) is -0.0985. The lowest BCUT2D eigenvalue weighted by Crippen LogP contribution is -2.21. The SMILES string of the molecule is CC(=O)Nc1cccc(OB(O)O)c1[N+](=O)[O-]. The van der Waals surface area contributed by atoms with Crippen molar-refractivity contribution in [3.8, 4) is 5.75 Å². The number of amides is 1. The zero-order valence-corrected chi connectivity index (χ0v) is 8.78. The molecular weight excluding hydrogens is 231 g/mol. The van der Waals surface area contributed by atoms with Gasteiger partial charge in [0.05, 0.1) is 4.92 Å². The molecule has 0 heterocycles. The van der Waals surface area contributed by atoms with Crippen LogP contribution in [0.1, 0.15) is 6.92 Å². The molecular formula is C8H9BN2O6. The molecule has 0 bridgehead atoms. The fraction of sp³-hybridized carbons (Fsp3) is 0.125. The Balaban J connectivity index is 3.21. The van der Waals surface area contributed by atoms with E-state index >= 15 is 0 Å². The van der Waals surface area contributed by atoms with E-state index in [1.807, 2.05) is 0 Å². The molecule has 3 N–H and O–H groups in total. The molecule has 0 radical (unpaired) electrons. The highest BCUT2D eigenvalue weighted by Gasteiger charge is 2.25. The van der Waals surface area contributed by atoms with Crippen molar-refractivity contribution in [1.29, 1.82) is 0 Å². The zero-order valence-electron chi connectivity index (χ0n) is 8.78. The van der Waals surface area contributed by atoms with Gasteiger partial charge in [-0.3, -0.25) is 14.9 Å². The third-order valence-corrected chi connectivity index (χ3v) is 1.72. The first-order valence-corrected chi connectivity index (χ1v) is 4.49. The van der Waals surface area contributed by atoms with Gasteiger partial charge in [-0.05, 0) is 12.1 Å². The molecule has 0 aromatic heterocycles. The van der Waals surface area contributed by atoms with Gasteiger partial charge in [-0.25, -0.2) is 0 Å². The van der Waals surface area contributed by atoms with Crippen LogP contribution in [0.5, 0.6) is 5.75 Å². The summed E-state index contributed by atoms with van der Waals surface area (Å²) in [6.45, 7) is 1.19. The third kappa shape index (κ3) is 3.43. The van der Waals surface area contributed by atoms with Gasteiger partial charge < -0.3 is 20.0 Å². The van der Waals surface area contributed by atoms with E-state index in [1.165, 1.54) is 25.1 Å². The molecule has 0 spiro atoms. The molecule has 0 aliphatic carbocycles. The Labute approximate surface area is 96.2 Å². The van der Waals surface area contributed by atoms with Gasteiger partial charge in [-0.2, -0.15) is 0 Å². The van der Waals surface area contributed by atoms with Crippen LogP contribution in [0.2, 0.25) is 0 Å². The fourth-order valence-electron chi connectivity index (χ4n) is 1.21. The minimum absolute atomic E-state index is 0.0827. The largest absolute Gasteiger partial charge is 0.707 e. The van der Waals surface area contributed by atoms with E-state index in [2.05, 4.69) is 9.97 Å². The number of para-hydroxylation sites is 1. The summed E-state index contributed by atoms with van der Waals surface area (Å²) in [6.07, 6.45) is 0. The highest BCUT2D eigenvalue weighted by atomic mass is 16.6. The molecule has 1 aromatic carbocycles. The number of nitro groups is 1. The van der Waals surface area contributed by atoms with Crippen LogP contribution in [0.15, 0.2) is 18.2 Å². The topological polar surface area (TPSA) is 122 Å². The maximum atomic E-state index is 10.8. The van der Waals surface area contributed by atoms with Crippen LogP contribution in [-0.4, -0.2) is 28.2 Å². The molecule has 0 aliphatic rings. The lowest BCUT2D eigenvalue weighted by atomic mass is 10.2. The molecule has 17 heavy (non-hydrogen) atoms. The van der Waals surface area contributed by atoms with Gasteiger partial charge in [0.25, 0.3) is 0 Å². The Bertz CT molecular complexity index is 450. The van der Waals surface area contributed by atoms with Crippen molar-refractivity contribution < 1.29 is 24.4 Å². The summed E-state index contributed by atoms with van der Waals surface area (Å²) in [7, 11) is -2.18. The first-order valence-electron chi connectivity index (χ1n) is 4.49. The van der Waals surface area contributed by atoms with Crippen molar-refractivity contribution in [1.82, 2.24) is 0 Å². The summed E-state index contributed by atoms with van der Waals surface area (Å²) < 4.78 is 4.45. The first-order chi connectivity index (χ1) is 7.91. The minimum Gasteiger partial charge on any atom is -0.507 e. The molecule has 0 unspecified atom stereocenters. The lowest BCUT2D eigenvalue weighted by Gasteiger charge is -2.08. The molecule has 1 amide bonds. The average Bonchev–Trinajstić information content (AvgIpc) is 2.14. The Morgan fingerprint density at radius 2 is 2.18 bits per heavy atom. The second-order valence-electron chi connectivity index (χ2n) is 3.03. The fourth-order valence-corrected chi connectivity index (χ4v) is 1.21. The summed E-state index contributed by atoms with van der Waals surface area (Å²) in [5.74, 6) is -0.842. The van der Waals surface area contributed by atoms with Gasteiger partial charge in [0, 0.05) is 6.92 Å². The van der Waals surface area contributed by atoms with Crippen molar-refractivity contribution in [2.24, 2.45) is 0 Å². The van der Waals surface area contributed by atoms with Gasteiger partial charge in [-0.15, -0.1) is 0 Å². The number of nitrogens with zero attached hydrogens (tertiary/aromatic N) is 1. The van der Waals surface area contributed by atoms with Crippen LogP contribution in [0.3, 0.4) is 0 Å². The monoisotopic (exact) mass is 240 g/mol. The van der Waals surface area contributed by atoms with Crippen molar-refractivity contribution in [3.63, 3.8) is 0 Å². The Kier molecular flexibility index (Phi) is 4.02. The number of carbonyl (C=O) groups excluding carboxylic acids is 1. The molecule has 0 fully saturated rings. The van der Waals surface area contributed by atoms with E-state index in [0.717, 1.165) is 0 Å². The summed E-state index contributed by atoms with van der Waals surface area (Å²) in [6, 6.07) is 3.86. The van der Waals surface area contributed by atoms with Crippen LogP contribution in [0, 0.1) is 10.1 Å². The van der Waals surface area contributed by atoms with Crippen molar-refractivity contribution in [3.05, 3.63) is 28.3 Å². The van der Waals surface area contributed by atoms with E-state index in [0.29, 0.717) is 0 Å². The second-order valence-corrected chi connectivity index (χ2v) is 3.03. The molecule has 0 aliphatic heterocycles. The quantitative estimate of drug-likeness (QED) is 0.383. The summed E-state index contributed by atoms with van der Waals surface area (Å²) in [5.41, 5.74) is -0.628. The van der Waals surface area contributed by atoms with Crippen molar-refractivity contribution >= 4 is 24.6 Å². The average molecular weight is 240 g/mol. The van der Waals surface area contributed by atoms with Gasteiger partial charge in [0.1, 0.15) is 5.69 Å².